The average Bonchev–Trinajstić information content (AvgIpc) is 2.61. The molecule has 0 aliphatic heterocycles. The molecule has 0 radical (unpaired) electrons. The van der Waals surface area contributed by atoms with Crippen LogP contribution in [0.3, 0.4) is 0 Å². The Bertz CT molecular complexity index is 397. The van der Waals surface area contributed by atoms with Crippen LogP contribution in [0.1, 0.15) is 60.3 Å². The highest BCUT2D eigenvalue weighted by Gasteiger charge is 2.25. The van der Waals surface area contributed by atoms with Crippen molar-refractivity contribution < 1.29 is 4.79 Å². The quantitative estimate of drug-likeness (QED) is 0.819. The van der Waals surface area contributed by atoms with Gasteiger partial charge in [0, 0.05) is 18.8 Å². The Hall–Kier alpha value is -1.32. The van der Waals surface area contributed by atoms with Crippen molar-refractivity contribution in [3.05, 3.63) is 17.0 Å². The van der Waals surface area contributed by atoms with Crippen molar-refractivity contribution >= 4 is 5.91 Å². The maximum absolute atomic E-state index is 12.5. The van der Waals surface area contributed by atoms with E-state index in [-0.39, 0.29) is 5.91 Å². The number of amides is 1. The fraction of sp³-hybridized carbons (Fsp3) is 0.714. The second kappa shape index (κ2) is 5.55. The third kappa shape index (κ3) is 2.57. The minimum atomic E-state index is 0.116. The lowest BCUT2D eigenvalue weighted by molar-refractivity contribution is 0.0716. The number of rotatable bonds is 2. The third-order valence-electron chi connectivity index (χ3n) is 4.03. The van der Waals surface area contributed by atoms with Crippen LogP contribution in [0.5, 0.6) is 0 Å². The van der Waals surface area contributed by atoms with Crippen LogP contribution in [0, 0.1) is 13.8 Å². The Morgan fingerprint density at radius 3 is 2.33 bits per heavy atom. The van der Waals surface area contributed by atoms with Crippen LogP contribution in [0.25, 0.3) is 0 Å². The third-order valence-corrected chi connectivity index (χ3v) is 4.03. The lowest BCUT2D eigenvalue weighted by Gasteiger charge is -2.27. The Kier molecular flexibility index (Phi) is 4.04. The second-order valence-electron chi connectivity index (χ2n) is 5.37. The van der Waals surface area contributed by atoms with Crippen LogP contribution in [0.4, 0.5) is 0 Å². The standard InChI is InChI=1S/C14H23N3O/c1-10-13(11(2)16-15-10)14(18)17(3)12-8-6-4-5-7-9-12/h12H,4-9H2,1-3H3,(H,15,16). The summed E-state index contributed by atoms with van der Waals surface area (Å²) in [5.41, 5.74) is 2.43. The van der Waals surface area contributed by atoms with Gasteiger partial charge in [-0.25, -0.2) is 0 Å². The normalized spacial score (nSPS) is 17.5. The smallest absolute Gasteiger partial charge is 0.257 e. The van der Waals surface area contributed by atoms with Crippen molar-refractivity contribution in [2.75, 3.05) is 7.05 Å². The number of aromatic amines is 1. The monoisotopic (exact) mass is 249 g/mol. The number of hydrogen-bond acceptors (Lipinski definition) is 2. The minimum Gasteiger partial charge on any atom is -0.339 e. The van der Waals surface area contributed by atoms with Crippen molar-refractivity contribution in [2.24, 2.45) is 0 Å². The Balaban J connectivity index is 2.12. The summed E-state index contributed by atoms with van der Waals surface area (Å²) in [7, 11) is 1.93. The molecule has 4 heteroatoms. The van der Waals surface area contributed by atoms with E-state index >= 15 is 0 Å². The second-order valence-corrected chi connectivity index (χ2v) is 5.37. The zero-order chi connectivity index (χ0) is 13.1. The molecule has 0 atom stereocenters. The summed E-state index contributed by atoms with van der Waals surface area (Å²) >= 11 is 0. The molecule has 1 fully saturated rings. The SMILES string of the molecule is Cc1n[nH]c(C)c1C(=O)N(C)C1CCCCCC1. The summed E-state index contributed by atoms with van der Waals surface area (Å²) in [6, 6.07) is 0.397. The van der Waals surface area contributed by atoms with E-state index in [1.54, 1.807) is 0 Å². The predicted octanol–water partition coefficient (Wildman–Crippen LogP) is 2.82. The first-order valence-electron chi connectivity index (χ1n) is 6.90. The van der Waals surface area contributed by atoms with Gasteiger partial charge in [0.15, 0.2) is 0 Å². The van der Waals surface area contributed by atoms with Gasteiger partial charge in [-0.05, 0) is 26.7 Å². The number of nitrogens with zero attached hydrogens (tertiary/aromatic N) is 2. The number of aromatic nitrogens is 2. The van der Waals surface area contributed by atoms with Crippen molar-refractivity contribution in [2.45, 2.75) is 58.4 Å². The highest BCUT2D eigenvalue weighted by Crippen LogP contribution is 2.23. The van der Waals surface area contributed by atoms with Crippen LogP contribution in [0.15, 0.2) is 0 Å². The van der Waals surface area contributed by atoms with Crippen LogP contribution in [-0.2, 0) is 0 Å². The number of carbonyl (C=O) groups excluding carboxylic acids is 1. The molecule has 0 spiro atoms. The summed E-state index contributed by atoms with van der Waals surface area (Å²) in [4.78, 5) is 14.5. The zero-order valence-electron chi connectivity index (χ0n) is 11.6. The van der Waals surface area contributed by atoms with Gasteiger partial charge in [0.25, 0.3) is 5.91 Å². The fourth-order valence-electron chi connectivity index (χ4n) is 2.85. The molecule has 1 aromatic rings. The van der Waals surface area contributed by atoms with E-state index in [1.807, 2.05) is 25.8 Å². The molecular formula is C14H23N3O. The maximum Gasteiger partial charge on any atom is 0.257 e. The van der Waals surface area contributed by atoms with Gasteiger partial charge < -0.3 is 4.90 Å². The number of hydrogen-bond donors (Lipinski definition) is 1. The molecule has 4 nitrogen and oxygen atoms in total. The van der Waals surface area contributed by atoms with E-state index in [0.717, 1.165) is 29.8 Å². The first-order chi connectivity index (χ1) is 8.61. The predicted molar refractivity (Wildman–Crippen MR) is 71.6 cm³/mol. The fourth-order valence-corrected chi connectivity index (χ4v) is 2.85. The van der Waals surface area contributed by atoms with Gasteiger partial charge in [-0.3, -0.25) is 9.89 Å². The molecule has 100 valence electrons. The van der Waals surface area contributed by atoms with Crippen LogP contribution < -0.4 is 0 Å². The van der Waals surface area contributed by atoms with E-state index in [1.165, 1.54) is 25.7 Å². The number of H-pyrrole nitrogens is 1. The summed E-state index contributed by atoms with van der Waals surface area (Å²) in [5.74, 6) is 0.116. The van der Waals surface area contributed by atoms with Crippen LogP contribution in [-0.4, -0.2) is 34.1 Å². The van der Waals surface area contributed by atoms with E-state index in [9.17, 15) is 4.79 Å². The number of carbonyl (C=O) groups is 1. The molecule has 0 saturated heterocycles. The largest absolute Gasteiger partial charge is 0.339 e. The van der Waals surface area contributed by atoms with Gasteiger partial charge in [-0.2, -0.15) is 5.10 Å². The van der Waals surface area contributed by atoms with E-state index in [2.05, 4.69) is 10.2 Å². The molecule has 0 unspecified atom stereocenters. The lowest BCUT2D eigenvalue weighted by Crippen LogP contribution is -2.37. The molecule has 0 bridgehead atoms. The highest BCUT2D eigenvalue weighted by molar-refractivity contribution is 5.96. The minimum absolute atomic E-state index is 0.116. The number of aryl methyl sites for hydroxylation is 2. The molecular weight excluding hydrogens is 226 g/mol. The van der Waals surface area contributed by atoms with Crippen molar-refractivity contribution in [1.82, 2.24) is 15.1 Å². The number of nitrogens with one attached hydrogen (secondary N) is 1. The first kappa shape index (κ1) is 13.1. The lowest BCUT2D eigenvalue weighted by atomic mass is 10.1. The molecule has 1 heterocycles. The van der Waals surface area contributed by atoms with Gasteiger partial charge >= 0.3 is 0 Å². The van der Waals surface area contributed by atoms with Crippen LogP contribution in [0.2, 0.25) is 0 Å². The summed E-state index contributed by atoms with van der Waals surface area (Å²) in [6.45, 7) is 3.80. The van der Waals surface area contributed by atoms with E-state index in [0.29, 0.717) is 6.04 Å². The molecule has 1 aliphatic carbocycles. The van der Waals surface area contributed by atoms with Gasteiger partial charge in [-0.1, -0.05) is 25.7 Å². The molecule has 1 aromatic heterocycles. The molecule has 1 N–H and O–H groups in total. The summed E-state index contributed by atoms with van der Waals surface area (Å²) in [5, 5.41) is 7.00. The molecule has 1 aliphatic rings. The van der Waals surface area contributed by atoms with Gasteiger partial charge in [0.05, 0.1) is 11.3 Å². The van der Waals surface area contributed by atoms with Gasteiger partial charge in [-0.15, -0.1) is 0 Å². The molecule has 0 aromatic carbocycles. The molecule has 1 amide bonds. The van der Waals surface area contributed by atoms with Crippen LogP contribution >= 0.6 is 0 Å². The topological polar surface area (TPSA) is 49.0 Å². The molecule has 2 rings (SSSR count). The Morgan fingerprint density at radius 1 is 1.22 bits per heavy atom. The van der Waals surface area contributed by atoms with E-state index in [4.69, 9.17) is 0 Å². The molecule has 1 saturated carbocycles. The Morgan fingerprint density at radius 2 is 1.83 bits per heavy atom. The van der Waals surface area contributed by atoms with Gasteiger partial charge in [0.2, 0.25) is 0 Å². The first-order valence-corrected chi connectivity index (χ1v) is 6.90. The van der Waals surface area contributed by atoms with Gasteiger partial charge in [0.1, 0.15) is 0 Å². The summed E-state index contributed by atoms with van der Waals surface area (Å²) < 4.78 is 0. The Labute approximate surface area is 109 Å². The maximum atomic E-state index is 12.5. The van der Waals surface area contributed by atoms with Crippen molar-refractivity contribution in [3.8, 4) is 0 Å². The van der Waals surface area contributed by atoms with Crippen molar-refractivity contribution in [1.29, 1.82) is 0 Å². The average molecular weight is 249 g/mol. The zero-order valence-corrected chi connectivity index (χ0v) is 11.6. The van der Waals surface area contributed by atoms with E-state index < -0.39 is 0 Å². The highest BCUT2D eigenvalue weighted by atomic mass is 16.2. The summed E-state index contributed by atoms with van der Waals surface area (Å²) in [6.07, 6.45) is 7.37. The molecule has 18 heavy (non-hydrogen) atoms. The van der Waals surface area contributed by atoms with Crippen molar-refractivity contribution in [3.63, 3.8) is 0 Å².